The molecule has 0 radical (unpaired) electrons. The van der Waals surface area contributed by atoms with E-state index in [1.54, 1.807) is 23.4 Å². The predicted octanol–water partition coefficient (Wildman–Crippen LogP) is 0.384. The van der Waals surface area contributed by atoms with Crippen molar-refractivity contribution in [1.82, 2.24) is 19.8 Å². The fourth-order valence-corrected chi connectivity index (χ4v) is 3.29. The Morgan fingerprint density at radius 2 is 2.00 bits per heavy atom. The minimum Gasteiger partial charge on any atom is -0.342 e. The first-order chi connectivity index (χ1) is 11.2. The zero-order chi connectivity index (χ0) is 16.2. The van der Waals surface area contributed by atoms with Crippen molar-refractivity contribution in [1.29, 1.82) is 0 Å². The molecule has 2 aliphatic heterocycles. The molecule has 2 amide bonds. The maximum Gasteiger partial charge on any atom is 0.228 e. The van der Waals surface area contributed by atoms with Crippen LogP contribution < -0.4 is 4.90 Å². The third-order valence-electron chi connectivity index (χ3n) is 4.59. The lowest BCUT2D eigenvalue weighted by Crippen LogP contribution is -2.40. The third kappa shape index (κ3) is 3.43. The van der Waals surface area contributed by atoms with E-state index in [0.717, 1.165) is 32.0 Å². The Morgan fingerprint density at radius 1 is 1.22 bits per heavy atom. The van der Waals surface area contributed by atoms with Gasteiger partial charge in [-0.25, -0.2) is 9.97 Å². The largest absolute Gasteiger partial charge is 0.342 e. The van der Waals surface area contributed by atoms with Crippen molar-refractivity contribution in [3.63, 3.8) is 0 Å². The van der Waals surface area contributed by atoms with E-state index in [0.29, 0.717) is 26.1 Å². The highest BCUT2D eigenvalue weighted by molar-refractivity contribution is 5.89. The second kappa shape index (κ2) is 6.93. The molecule has 0 aliphatic carbocycles. The normalized spacial score (nSPS) is 22.4. The van der Waals surface area contributed by atoms with Crippen LogP contribution in [0.3, 0.4) is 0 Å². The molecule has 0 spiro atoms. The van der Waals surface area contributed by atoms with E-state index < -0.39 is 0 Å². The maximum atomic E-state index is 12.7. The van der Waals surface area contributed by atoms with Gasteiger partial charge in [0, 0.05) is 58.1 Å². The first kappa shape index (κ1) is 15.7. The number of anilines is 1. The monoisotopic (exact) mass is 317 g/mol. The van der Waals surface area contributed by atoms with Crippen LogP contribution in [-0.4, -0.2) is 70.9 Å². The maximum absolute atomic E-state index is 12.7. The van der Waals surface area contributed by atoms with Gasteiger partial charge in [0.1, 0.15) is 0 Å². The molecule has 124 valence electrons. The third-order valence-corrected chi connectivity index (χ3v) is 4.59. The smallest absolute Gasteiger partial charge is 0.228 e. The lowest BCUT2D eigenvalue weighted by Gasteiger charge is -2.24. The van der Waals surface area contributed by atoms with Crippen LogP contribution in [0.2, 0.25) is 0 Å². The molecule has 1 atom stereocenters. The Bertz CT molecular complexity index is 565. The summed E-state index contributed by atoms with van der Waals surface area (Å²) < 4.78 is 0. The summed E-state index contributed by atoms with van der Waals surface area (Å²) in [6.07, 6.45) is 4.72. The van der Waals surface area contributed by atoms with Crippen molar-refractivity contribution in [2.75, 3.05) is 44.2 Å². The van der Waals surface area contributed by atoms with Gasteiger partial charge in [0.15, 0.2) is 0 Å². The highest BCUT2D eigenvalue weighted by Crippen LogP contribution is 2.21. The minimum absolute atomic E-state index is 0.0972. The number of hydrogen-bond acceptors (Lipinski definition) is 5. The van der Waals surface area contributed by atoms with Gasteiger partial charge in [0.05, 0.1) is 5.92 Å². The minimum atomic E-state index is -0.179. The summed E-state index contributed by atoms with van der Waals surface area (Å²) in [7, 11) is 0. The topological polar surface area (TPSA) is 69.6 Å². The molecule has 2 fully saturated rings. The summed E-state index contributed by atoms with van der Waals surface area (Å²) in [6.45, 7) is 6.17. The summed E-state index contributed by atoms with van der Waals surface area (Å²) in [5, 5.41) is 0. The van der Waals surface area contributed by atoms with Crippen LogP contribution in [0.5, 0.6) is 0 Å². The Balaban J connectivity index is 1.60. The van der Waals surface area contributed by atoms with E-state index >= 15 is 0 Å². The van der Waals surface area contributed by atoms with E-state index in [1.807, 2.05) is 11.8 Å². The lowest BCUT2D eigenvalue weighted by molar-refractivity contribution is -0.135. The van der Waals surface area contributed by atoms with Crippen LogP contribution in [0.15, 0.2) is 18.5 Å². The molecule has 1 aromatic rings. The highest BCUT2D eigenvalue weighted by Gasteiger charge is 2.36. The summed E-state index contributed by atoms with van der Waals surface area (Å²) in [6, 6.07) is 1.80. The number of carbonyl (C=O) groups excluding carboxylic acids is 2. The number of amides is 2. The van der Waals surface area contributed by atoms with Crippen molar-refractivity contribution >= 4 is 17.8 Å². The summed E-state index contributed by atoms with van der Waals surface area (Å²) >= 11 is 0. The molecule has 0 N–H and O–H groups in total. The molecule has 2 saturated heterocycles. The Kier molecular flexibility index (Phi) is 4.73. The molecular formula is C16H23N5O2. The SMILES string of the molecule is CCN1CC(C(=O)N2CCCN(c3ncccn3)CC2)CC1=O. The first-order valence-electron chi connectivity index (χ1n) is 8.27. The van der Waals surface area contributed by atoms with Crippen molar-refractivity contribution in [2.24, 2.45) is 5.92 Å². The molecule has 23 heavy (non-hydrogen) atoms. The van der Waals surface area contributed by atoms with Crippen LogP contribution >= 0.6 is 0 Å². The zero-order valence-corrected chi connectivity index (χ0v) is 13.5. The molecular weight excluding hydrogens is 294 g/mol. The number of nitrogens with zero attached hydrogens (tertiary/aromatic N) is 5. The second-order valence-corrected chi connectivity index (χ2v) is 6.05. The van der Waals surface area contributed by atoms with Crippen LogP contribution in [0, 0.1) is 5.92 Å². The highest BCUT2D eigenvalue weighted by atomic mass is 16.2. The van der Waals surface area contributed by atoms with Crippen LogP contribution in [0.1, 0.15) is 19.8 Å². The van der Waals surface area contributed by atoms with Crippen LogP contribution in [-0.2, 0) is 9.59 Å². The van der Waals surface area contributed by atoms with Crippen LogP contribution in [0.25, 0.3) is 0 Å². The average Bonchev–Trinajstić information content (AvgIpc) is 2.81. The van der Waals surface area contributed by atoms with Crippen molar-refractivity contribution in [3.8, 4) is 0 Å². The predicted molar refractivity (Wildman–Crippen MR) is 85.8 cm³/mol. The lowest BCUT2D eigenvalue weighted by atomic mass is 10.1. The zero-order valence-electron chi connectivity index (χ0n) is 13.5. The fraction of sp³-hybridized carbons (Fsp3) is 0.625. The number of aromatic nitrogens is 2. The molecule has 7 heteroatoms. The van der Waals surface area contributed by atoms with Gasteiger partial charge in [-0.3, -0.25) is 9.59 Å². The number of carbonyl (C=O) groups is 2. The first-order valence-corrected chi connectivity index (χ1v) is 8.27. The van der Waals surface area contributed by atoms with Gasteiger partial charge in [-0.15, -0.1) is 0 Å². The molecule has 1 unspecified atom stereocenters. The second-order valence-electron chi connectivity index (χ2n) is 6.05. The van der Waals surface area contributed by atoms with E-state index in [1.165, 1.54) is 0 Å². The van der Waals surface area contributed by atoms with E-state index in [2.05, 4.69) is 14.9 Å². The van der Waals surface area contributed by atoms with Crippen LogP contribution in [0.4, 0.5) is 5.95 Å². The molecule has 3 heterocycles. The van der Waals surface area contributed by atoms with E-state index in [4.69, 9.17) is 0 Å². The summed E-state index contributed by atoms with van der Waals surface area (Å²) in [5.74, 6) is 0.752. The Hall–Kier alpha value is -2.18. The molecule has 0 saturated carbocycles. The molecule has 3 rings (SSSR count). The molecule has 0 bridgehead atoms. The molecule has 0 aromatic carbocycles. The average molecular weight is 317 g/mol. The number of hydrogen-bond donors (Lipinski definition) is 0. The quantitative estimate of drug-likeness (QED) is 0.806. The Morgan fingerprint density at radius 3 is 2.70 bits per heavy atom. The van der Waals surface area contributed by atoms with Gasteiger partial charge >= 0.3 is 0 Å². The van der Waals surface area contributed by atoms with Gasteiger partial charge < -0.3 is 14.7 Å². The molecule has 1 aromatic heterocycles. The van der Waals surface area contributed by atoms with Crippen molar-refractivity contribution in [2.45, 2.75) is 19.8 Å². The molecule has 2 aliphatic rings. The van der Waals surface area contributed by atoms with E-state index in [-0.39, 0.29) is 17.7 Å². The van der Waals surface area contributed by atoms with Gasteiger partial charge in [-0.05, 0) is 19.4 Å². The number of likely N-dealkylation sites (tertiary alicyclic amines) is 1. The van der Waals surface area contributed by atoms with Gasteiger partial charge in [-0.1, -0.05) is 0 Å². The van der Waals surface area contributed by atoms with Crippen molar-refractivity contribution in [3.05, 3.63) is 18.5 Å². The summed E-state index contributed by atoms with van der Waals surface area (Å²) in [5.41, 5.74) is 0. The fourth-order valence-electron chi connectivity index (χ4n) is 3.29. The molecule has 7 nitrogen and oxygen atoms in total. The number of rotatable bonds is 3. The van der Waals surface area contributed by atoms with E-state index in [9.17, 15) is 9.59 Å². The standard InChI is InChI=1S/C16H23N5O2/c1-2-19-12-13(11-14(19)22)15(23)20-7-4-8-21(10-9-20)16-17-5-3-6-18-16/h3,5-6,13H,2,4,7-12H2,1H3. The van der Waals surface area contributed by atoms with Gasteiger partial charge in [0.25, 0.3) is 0 Å². The summed E-state index contributed by atoms with van der Waals surface area (Å²) in [4.78, 5) is 38.9. The van der Waals surface area contributed by atoms with Gasteiger partial charge in [-0.2, -0.15) is 0 Å². The van der Waals surface area contributed by atoms with Gasteiger partial charge in [0.2, 0.25) is 17.8 Å². The Labute approximate surface area is 136 Å². The van der Waals surface area contributed by atoms with Crippen molar-refractivity contribution < 1.29 is 9.59 Å².